The van der Waals surface area contributed by atoms with E-state index in [1.54, 1.807) is 28.2 Å². The number of nitrogens with one attached hydrogen (secondary N) is 1. The van der Waals surface area contributed by atoms with Gasteiger partial charge in [0.05, 0.1) is 12.2 Å². The summed E-state index contributed by atoms with van der Waals surface area (Å²) in [5, 5.41) is 4.78. The van der Waals surface area contributed by atoms with Crippen LogP contribution in [0.5, 0.6) is 0 Å². The Morgan fingerprint density at radius 1 is 1.17 bits per heavy atom. The number of hydrogen-bond donors (Lipinski definition) is 1. The van der Waals surface area contributed by atoms with E-state index in [4.69, 9.17) is 5.10 Å². The number of H-pyrrole nitrogens is 1. The van der Waals surface area contributed by atoms with Gasteiger partial charge in [-0.05, 0) is 46.0 Å². The molecule has 0 aliphatic rings. The van der Waals surface area contributed by atoms with Gasteiger partial charge in [0.1, 0.15) is 17.3 Å². The molecular formula is C22H24FN5S. The van der Waals surface area contributed by atoms with E-state index in [0.717, 1.165) is 28.3 Å². The number of halogens is 1. The lowest BCUT2D eigenvalue weighted by Gasteiger charge is -2.15. The zero-order chi connectivity index (χ0) is 20.5. The molecular weight excluding hydrogens is 385 g/mol. The third-order valence-electron chi connectivity index (χ3n) is 4.80. The molecule has 0 unspecified atom stereocenters. The highest BCUT2D eigenvalue weighted by Gasteiger charge is 2.18. The summed E-state index contributed by atoms with van der Waals surface area (Å²) in [5.74, 6) is 0.640. The zero-order valence-electron chi connectivity index (χ0n) is 17.0. The first-order valence-corrected chi connectivity index (χ1v) is 10.3. The van der Waals surface area contributed by atoms with Gasteiger partial charge in [-0.15, -0.1) is 11.3 Å². The predicted octanol–water partition coefficient (Wildman–Crippen LogP) is 5.02. The maximum atomic E-state index is 14.4. The van der Waals surface area contributed by atoms with Crippen molar-refractivity contribution in [1.29, 1.82) is 0 Å². The van der Waals surface area contributed by atoms with Crippen molar-refractivity contribution in [1.82, 2.24) is 24.6 Å². The smallest absolute Gasteiger partial charge is 0.148 e. The predicted molar refractivity (Wildman–Crippen MR) is 115 cm³/mol. The molecule has 1 aromatic carbocycles. The topological polar surface area (TPSA) is 49.7 Å². The number of hydrogen-bond acceptors (Lipinski definition) is 4. The summed E-state index contributed by atoms with van der Waals surface area (Å²) < 4.78 is 16.0. The van der Waals surface area contributed by atoms with E-state index >= 15 is 0 Å². The molecule has 0 aliphatic carbocycles. The van der Waals surface area contributed by atoms with Crippen LogP contribution in [0.2, 0.25) is 0 Å². The molecule has 0 amide bonds. The normalized spacial score (nSPS) is 11.5. The summed E-state index contributed by atoms with van der Waals surface area (Å²) in [7, 11) is 2.05. The van der Waals surface area contributed by atoms with E-state index < -0.39 is 0 Å². The number of aryl methyl sites for hydroxylation is 3. The molecule has 0 bridgehead atoms. The minimum absolute atomic E-state index is 0.286. The molecule has 29 heavy (non-hydrogen) atoms. The van der Waals surface area contributed by atoms with Crippen molar-refractivity contribution in [2.45, 2.75) is 33.9 Å². The fraction of sp³-hybridized carbons (Fsp3) is 0.273. The van der Waals surface area contributed by atoms with E-state index in [1.165, 1.54) is 15.8 Å². The summed E-state index contributed by atoms with van der Waals surface area (Å²) in [4.78, 5) is 12.3. The van der Waals surface area contributed by atoms with Gasteiger partial charge in [0, 0.05) is 45.5 Å². The van der Waals surface area contributed by atoms with Gasteiger partial charge < -0.3 is 4.98 Å². The van der Waals surface area contributed by atoms with Crippen molar-refractivity contribution in [3.63, 3.8) is 0 Å². The highest BCUT2D eigenvalue weighted by molar-refractivity contribution is 7.12. The third kappa shape index (κ3) is 4.16. The molecule has 4 rings (SSSR count). The monoisotopic (exact) mass is 409 g/mol. The first-order valence-electron chi connectivity index (χ1n) is 9.50. The SMILES string of the molecule is Cc1cnc(CN(C)Cc2cn(-c3ccccc3F)nc2-c2cc(C)sc2C)[nH]1. The van der Waals surface area contributed by atoms with Gasteiger partial charge in [-0.2, -0.15) is 5.10 Å². The van der Waals surface area contributed by atoms with Crippen molar-refractivity contribution in [2.24, 2.45) is 0 Å². The Bertz CT molecular complexity index is 1140. The largest absolute Gasteiger partial charge is 0.345 e. The van der Waals surface area contributed by atoms with Gasteiger partial charge >= 0.3 is 0 Å². The molecule has 3 heterocycles. The lowest BCUT2D eigenvalue weighted by atomic mass is 10.1. The van der Waals surface area contributed by atoms with Crippen LogP contribution in [0.4, 0.5) is 4.39 Å². The van der Waals surface area contributed by atoms with Crippen molar-refractivity contribution in [3.05, 3.63) is 75.4 Å². The molecule has 0 saturated heterocycles. The minimum atomic E-state index is -0.286. The molecule has 3 aromatic heterocycles. The maximum absolute atomic E-state index is 14.4. The average Bonchev–Trinajstić information content (AvgIpc) is 3.34. The van der Waals surface area contributed by atoms with Gasteiger partial charge in [-0.25, -0.2) is 14.1 Å². The van der Waals surface area contributed by atoms with Crippen LogP contribution in [0.25, 0.3) is 16.9 Å². The van der Waals surface area contributed by atoms with E-state index in [0.29, 0.717) is 18.8 Å². The zero-order valence-corrected chi connectivity index (χ0v) is 17.8. The molecule has 150 valence electrons. The van der Waals surface area contributed by atoms with Gasteiger partial charge in [-0.3, -0.25) is 4.90 Å². The molecule has 0 saturated carbocycles. The second-order valence-electron chi connectivity index (χ2n) is 7.41. The maximum Gasteiger partial charge on any atom is 0.148 e. The number of benzene rings is 1. The minimum Gasteiger partial charge on any atom is -0.345 e. The second-order valence-corrected chi connectivity index (χ2v) is 8.87. The quantitative estimate of drug-likeness (QED) is 0.486. The van der Waals surface area contributed by atoms with Crippen LogP contribution < -0.4 is 0 Å². The van der Waals surface area contributed by atoms with Crippen LogP contribution >= 0.6 is 11.3 Å². The van der Waals surface area contributed by atoms with Crippen molar-refractivity contribution >= 4 is 11.3 Å². The molecule has 0 radical (unpaired) electrons. The number of thiophene rings is 1. The van der Waals surface area contributed by atoms with Crippen LogP contribution in [0, 0.1) is 26.6 Å². The van der Waals surface area contributed by atoms with E-state index in [2.05, 4.69) is 34.8 Å². The molecule has 4 aromatic rings. The van der Waals surface area contributed by atoms with Crippen LogP contribution in [-0.4, -0.2) is 31.7 Å². The van der Waals surface area contributed by atoms with Crippen LogP contribution in [0.15, 0.2) is 42.7 Å². The van der Waals surface area contributed by atoms with Crippen molar-refractivity contribution in [2.75, 3.05) is 7.05 Å². The molecule has 1 N–H and O–H groups in total. The van der Waals surface area contributed by atoms with Gasteiger partial charge in [-0.1, -0.05) is 12.1 Å². The molecule has 0 fully saturated rings. The van der Waals surface area contributed by atoms with Gasteiger partial charge in [0.25, 0.3) is 0 Å². The number of rotatable bonds is 6. The second kappa shape index (κ2) is 7.93. The van der Waals surface area contributed by atoms with E-state index in [9.17, 15) is 4.39 Å². The lowest BCUT2D eigenvalue weighted by molar-refractivity contribution is 0.312. The number of nitrogens with zero attached hydrogens (tertiary/aromatic N) is 4. The third-order valence-corrected chi connectivity index (χ3v) is 5.77. The summed E-state index contributed by atoms with van der Waals surface area (Å²) in [6.45, 7) is 7.57. The molecule has 0 spiro atoms. The first-order chi connectivity index (χ1) is 13.9. The molecule has 5 nitrogen and oxygen atoms in total. The average molecular weight is 410 g/mol. The Labute approximate surface area is 173 Å². The Kier molecular flexibility index (Phi) is 5.34. The van der Waals surface area contributed by atoms with E-state index in [-0.39, 0.29) is 5.82 Å². The van der Waals surface area contributed by atoms with Gasteiger partial charge in [0.2, 0.25) is 0 Å². The highest BCUT2D eigenvalue weighted by atomic mass is 32.1. The Balaban J connectivity index is 1.71. The van der Waals surface area contributed by atoms with Crippen molar-refractivity contribution < 1.29 is 4.39 Å². The number of para-hydroxylation sites is 1. The highest BCUT2D eigenvalue weighted by Crippen LogP contribution is 2.33. The van der Waals surface area contributed by atoms with Crippen LogP contribution in [0.1, 0.15) is 26.8 Å². The summed E-state index contributed by atoms with van der Waals surface area (Å²) in [6.07, 6.45) is 3.77. The fourth-order valence-electron chi connectivity index (χ4n) is 3.53. The fourth-order valence-corrected chi connectivity index (χ4v) is 4.45. The Morgan fingerprint density at radius 3 is 2.62 bits per heavy atom. The number of imidazole rings is 1. The van der Waals surface area contributed by atoms with Gasteiger partial charge in [0.15, 0.2) is 0 Å². The van der Waals surface area contributed by atoms with E-state index in [1.807, 2.05) is 32.4 Å². The lowest BCUT2D eigenvalue weighted by Crippen LogP contribution is -2.18. The first kappa shape index (κ1) is 19.5. The Morgan fingerprint density at radius 2 is 1.97 bits per heavy atom. The number of aromatic nitrogens is 4. The molecule has 0 atom stereocenters. The summed E-state index contributed by atoms with van der Waals surface area (Å²) in [5.41, 5.74) is 4.57. The summed E-state index contributed by atoms with van der Waals surface area (Å²) in [6, 6.07) is 8.88. The number of aromatic amines is 1. The summed E-state index contributed by atoms with van der Waals surface area (Å²) >= 11 is 1.75. The standard InChI is InChI=1S/C22H24FN5S/c1-14-10-24-21(25-14)13-27(4)11-17-12-28(20-8-6-5-7-19(20)23)26-22(17)18-9-15(2)29-16(18)3/h5-10,12H,11,13H2,1-4H3,(H,24,25). The van der Waals surface area contributed by atoms with Crippen molar-refractivity contribution in [3.8, 4) is 16.9 Å². The van der Waals surface area contributed by atoms with Crippen LogP contribution in [-0.2, 0) is 13.1 Å². The van der Waals surface area contributed by atoms with Crippen LogP contribution in [0.3, 0.4) is 0 Å². The Hall–Kier alpha value is -2.77. The molecule has 0 aliphatic heterocycles. The molecule has 7 heteroatoms.